The van der Waals surface area contributed by atoms with E-state index in [4.69, 9.17) is 5.73 Å². The molecular formula is C10H17N5O. The Bertz CT molecular complexity index is 372. The highest BCUT2D eigenvalue weighted by atomic mass is 16.2. The second-order valence-corrected chi connectivity index (χ2v) is 4.48. The number of nitrogens with zero attached hydrogens (tertiary/aromatic N) is 2. The van der Waals surface area contributed by atoms with Gasteiger partial charge in [0.1, 0.15) is 18.0 Å². The standard InChI is InChI=1S/C10H17N5O/c1-10(2,3)15-9(16)5-12-8-4-7(11)13-6-14-8/h4,6H,5H2,1-3H3,(H,15,16)(H3,11,12,13,14). The van der Waals surface area contributed by atoms with Crippen molar-refractivity contribution in [3.8, 4) is 0 Å². The van der Waals surface area contributed by atoms with E-state index in [2.05, 4.69) is 20.6 Å². The van der Waals surface area contributed by atoms with Crippen molar-refractivity contribution in [2.45, 2.75) is 26.3 Å². The van der Waals surface area contributed by atoms with Gasteiger partial charge in [-0.05, 0) is 20.8 Å². The minimum absolute atomic E-state index is 0.0929. The average Bonchev–Trinajstić information content (AvgIpc) is 2.12. The van der Waals surface area contributed by atoms with E-state index in [1.165, 1.54) is 6.33 Å². The molecule has 0 fully saturated rings. The van der Waals surface area contributed by atoms with Gasteiger partial charge < -0.3 is 16.4 Å². The van der Waals surface area contributed by atoms with Crippen molar-refractivity contribution in [1.82, 2.24) is 15.3 Å². The first kappa shape index (κ1) is 12.2. The molecule has 88 valence electrons. The first-order valence-electron chi connectivity index (χ1n) is 4.99. The van der Waals surface area contributed by atoms with Crippen molar-refractivity contribution in [1.29, 1.82) is 0 Å². The van der Waals surface area contributed by atoms with Gasteiger partial charge in [0.25, 0.3) is 0 Å². The molecule has 0 aromatic carbocycles. The number of carbonyl (C=O) groups is 1. The maximum Gasteiger partial charge on any atom is 0.239 e. The van der Waals surface area contributed by atoms with Gasteiger partial charge in [-0.2, -0.15) is 0 Å². The number of hydrogen-bond acceptors (Lipinski definition) is 5. The van der Waals surface area contributed by atoms with Crippen LogP contribution < -0.4 is 16.4 Å². The minimum Gasteiger partial charge on any atom is -0.384 e. The van der Waals surface area contributed by atoms with E-state index in [1.807, 2.05) is 20.8 Å². The fourth-order valence-corrected chi connectivity index (χ4v) is 1.10. The molecule has 1 amide bonds. The van der Waals surface area contributed by atoms with Gasteiger partial charge in [0.05, 0.1) is 6.54 Å². The van der Waals surface area contributed by atoms with Gasteiger partial charge in [-0.25, -0.2) is 9.97 Å². The number of carbonyl (C=O) groups excluding carboxylic acids is 1. The summed E-state index contributed by atoms with van der Waals surface area (Å²) in [5.74, 6) is 0.815. The zero-order valence-corrected chi connectivity index (χ0v) is 9.74. The monoisotopic (exact) mass is 223 g/mol. The molecule has 0 saturated carbocycles. The molecule has 1 heterocycles. The molecule has 0 aliphatic rings. The summed E-state index contributed by atoms with van der Waals surface area (Å²) in [4.78, 5) is 19.1. The van der Waals surface area contributed by atoms with Gasteiger partial charge in [-0.3, -0.25) is 4.79 Å². The zero-order valence-electron chi connectivity index (χ0n) is 9.74. The van der Waals surface area contributed by atoms with Crippen LogP contribution in [0, 0.1) is 0 Å². The van der Waals surface area contributed by atoms with Crippen molar-refractivity contribution in [3.63, 3.8) is 0 Å². The lowest BCUT2D eigenvalue weighted by atomic mass is 10.1. The molecule has 6 heteroatoms. The lowest BCUT2D eigenvalue weighted by molar-refractivity contribution is -0.120. The number of nitrogens with one attached hydrogen (secondary N) is 2. The molecule has 4 N–H and O–H groups in total. The third-order valence-electron chi connectivity index (χ3n) is 1.63. The number of hydrogen-bond donors (Lipinski definition) is 3. The SMILES string of the molecule is CC(C)(C)NC(=O)CNc1cc(N)ncn1. The maximum absolute atomic E-state index is 11.5. The van der Waals surface area contributed by atoms with Gasteiger partial charge >= 0.3 is 0 Å². The molecule has 0 aliphatic carbocycles. The largest absolute Gasteiger partial charge is 0.384 e. The van der Waals surface area contributed by atoms with E-state index in [-0.39, 0.29) is 18.0 Å². The first-order chi connectivity index (χ1) is 7.37. The lowest BCUT2D eigenvalue weighted by Crippen LogP contribution is -2.43. The van der Waals surface area contributed by atoms with Crippen LogP contribution in [0.15, 0.2) is 12.4 Å². The van der Waals surface area contributed by atoms with Crippen LogP contribution in [0.5, 0.6) is 0 Å². The Labute approximate surface area is 94.7 Å². The zero-order chi connectivity index (χ0) is 12.2. The minimum atomic E-state index is -0.233. The van der Waals surface area contributed by atoms with Crippen LogP contribution in [-0.4, -0.2) is 28.0 Å². The molecule has 0 atom stereocenters. The highest BCUT2D eigenvalue weighted by Crippen LogP contribution is 2.04. The maximum atomic E-state index is 11.5. The van der Waals surface area contributed by atoms with Gasteiger partial charge in [0, 0.05) is 11.6 Å². The molecule has 0 aliphatic heterocycles. The molecule has 1 aromatic rings. The molecule has 1 rings (SSSR count). The van der Waals surface area contributed by atoms with E-state index in [0.717, 1.165) is 0 Å². The van der Waals surface area contributed by atoms with E-state index < -0.39 is 0 Å². The summed E-state index contributed by atoms with van der Waals surface area (Å²) in [5.41, 5.74) is 5.24. The fourth-order valence-electron chi connectivity index (χ4n) is 1.10. The molecule has 0 bridgehead atoms. The normalized spacial score (nSPS) is 10.9. The van der Waals surface area contributed by atoms with Crippen molar-refractivity contribution >= 4 is 17.5 Å². The van der Waals surface area contributed by atoms with Gasteiger partial charge in [-0.15, -0.1) is 0 Å². The fraction of sp³-hybridized carbons (Fsp3) is 0.500. The molecule has 0 radical (unpaired) electrons. The van der Waals surface area contributed by atoms with E-state index >= 15 is 0 Å². The van der Waals surface area contributed by atoms with Crippen LogP contribution in [0.3, 0.4) is 0 Å². The molecule has 1 aromatic heterocycles. The summed E-state index contributed by atoms with van der Waals surface area (Å²) in [6.07, 6.45) is 1.35. The van der Waals surface area contributed by atoms with Crippen LogP contribution in [0.2, 0.25) is 0 Å². The average molecular weight is 223 g/mol. The topological polar surface area (TPSA) is 92.9 Å². The third kappa shape index (κ3) is 4.59. The Kier molecular flexibility index (Phi) is 3.65. The van der Waals surface area contributed by atoms with Gasteiger partial charge in [-0.1, -0.05) is 0 Å². The van der Waals surface area contributed by atoms with Crippen molar-refractivity contribution < 1.29 is 4.79 Å². The first-order valence-corrected chi connectivity index (χ1v) is 4.99. The molecule has 6 nitrogen and oxygen atoms in total. The number of nitrogens with two attached hydrogens (primary N) is 1. The number of anilines is 2. The predicted octanol–water partition coefficient (Wildman–Crippen LogP) is 0.385. The van der Waals surface area contributed by atoms with Gasteiger partial charge in [0.2, 0.25) is 5.91 Å². The number of aromatic nitrogens is 2. The Morgan fingerprint density at radius 1 is 1.44 bits per heavy atom. The Morgan fingerprint density at radius 3 is 2.69 bits per heavy atom. The summed E-state index contributed by atoms with van der Waals surface area (Å²) >= 11 is 0. The van der Waals surface area contributed by atoms with E-state index in [0.29, 0.717) is 11.6 Å². The van der Waals surface area contributed by atoms with Crippen LogP contribution in [-0.2, 0) is 4.79 Å². The Morgan fingerprint density at radius 2 is 2.12 bits per heavy atom. The van der Waals surface area contributed by atoms with Crippen LogP contribution in [0.25, 0.3) is 0 Å². The Hall–Kier alpha value is -1.85. The second-order valence-electron chi connectivity index (χ2n) is 4.48. The smallest absolute Gasteiger partial charge is 0.239 e. The second kappa shape index (κ2) is 4.78. The van der Waals surface area contributed by atoms with E-state index in [1.54, 1.807) is 6.07 Å². The molecular weight excluding hydrogens is 206 g/mol. The molecule has 0 unspecified atom stereocenters. The van der Waals surface area contributed by atoms with E-state index in [9.17, 15) is 4.79 Å². The van der Waals surface area contributed by atoms with Crippen molar-refractivity contribution in [2.75, 3.05) is 17.6 Å². The van der Waals surface area contributed by atoms with Crippen LogP contribution >= 0.6 is 0 Å². The molecule has 0 spiro atoms. The summed E-state index contributed by atoms with van der Waals surface area (Å²) < 4.78 is 0. The summed E-state index contributed by atoms with van der Waals surface area (Å²) in [5, 5.41) is 5.69. The number of nitrogen functional groups attached to an aromatic ring is 1. The number of rotatable bonds is 3. The van der Waals surface area contributed by atoms with Crippen LogP contribution in [0.1, 0.15) is 20.8 Å². The van der Waals surface area contributed by atoms with Crippen molar-refractivity contribution in [3.05, 3.63) is 12.4 Å². The molecule has 0 saturated heterocycles. The highest BCUT2D eigenvalue weighted by molar-refractivity contribution is 5.81. The quantitative estimate of drug-likeness (QED) is 0.689. The van der Waals surface area contributed by atoms with Crippen LogP contribution in [0.4, 0.5) is 11.6 Å². The highest BCUT2D eigenvalue weighted by Gasteiger charge is 2.13. The third-order valence-corrected chi connectivity index (χ3v) is 1.63. The van der Waals surface area contributed by atoms with Gasteiger partial charge in [0.15, 0.2) is 0 Å². The Balaban J connectivity index is 2.43. The summed E-state index contributed by atoms with van der Waals surface area (Å²) in [7, 11) is 0. The molecule has 16 heavy (non-hydrogen) atoms. The van der Waals surface area contributed by atoms with Crippen molar-refractivity contribution in [2.24, 2.45) is 0 Å². The number of amides is 1. The lowest BCUT2D eigenvalue weighted by Gasteiger charge is -2.20. The summed E-state index contributed by atoms with van der Waals surface area (Å²) in [6, 6.07) is 1.57. The summed E-state index contributed by atoms with van der Waals surface area (Å²) in [6.45, 7) is 5.93. The predicted molar refractivity (Wildman–Crippen MR) is 62.8 cm³/mol.